The van der Waals surface area contributed by atoms with Gasteiger partial charge in [-0.15, -0.1) is 0 Å². The van der Waals surface area contributed by atoms with E-state index in [4.69, 9.17) is 18.9 Å². The fourth-order valence-electron chi connectivity index (χ4n) is 4.03. The molecular formula is C27H34F2N4O9. The van der Waals surface area contributed by atoms with Crippen LogP contribution in [0.5, 0.6) is 0 Å². The van der Waals surface area contributed by atoms with Gasteiger partial charge in [-0.2, -0.15) is 13.8 Å². The minimum Gasteiger partial charge on any atom is -0.463 e. The molecule has 13 nitrogen and oxygen atoms in total. The average Bonchev–Trinajstić information content (AvgIpc) is 3.18. The molecule has 3 rings (SSSR count). The second kappa shape index (κ2) is 15.9. The van der Waals surface area contributed by atoms with Crippen LogP contribution in [-0.4, -0.2) is 77.7 Å². The van der Waals surface area contributed by atoms with Crippen LogP contribution in [0.1, 0.15) is 44.8 Å². The molecule has 0 aliphatic carbocycles. The molecule has 1 aromatic heterocycles. The van der Waals surface area contributed by atoms with E-state index in [1.165, 1.54) is 7.11 Å². The third kappa shape index (κ3) is 9.56. The normalized spacial score (nSPS) is 19.2. The van der Waals surface area contributed by atoms with Crippen LogP contribution >= 0.6 is 0 Å². The number of amides is 2. The van der Waals surface area contributed by atoms with E-state index < -0.39 is 48.7 Å². The highest BCUT2D eigenvalue weighted by Crippen LogP contribution is 2.42. The second-order valence-electron chi connectivity index (χ2n) is 9.41. The zero-order chi connectivity index (χ0) is 30.5. The standard InChI is InChI=1S/C27H34F2N4O9/c1-39-15-16-40-26(38)32-20-13-14-33(25(37)31-20)24-27(28,29)23(36)19(42-24)17-41-22(35)12-8-3-2-7-11-21(34)30-18-9-5-4-6-10-18/h4-6,9-10,13-14,19,23-24,36H,2-3,7-8,11-12,15-17H2,1H3,(H,30,34)(H,31,32,37,38)/t19-,23-,24-/m1/s1. The van der Waals surface area contributed by atoms with Crippen molar-refractivity contribution >= 4 is 29.5 Å². The Labute approximate surface area is 240 Å². The van der Waals surface area contributed by atoms with Gasteiger partial charge in [0.05, 0.1) is 6.61 Å². The van der Waals surface area contributed by atoms with Gasteiger partial charge in [0.2, 0.25) is 12.1 Å². The van der Waals surface area contributed by atoms with Gasteiger partial charge >= 0.3 is 23.7 Å². The summed E-state index contributed by atoms with van der Waals surface area (Å²) in [5, 5.41) is 15.1. The molecule has 0 unspecified atom stereocenters. The number of halogens is 2. The van der Waals surface area contributed by atoms with E-state index in [1.54, 1.807) is 12.1 Å². The number of ether oxygens (including phenoxy) is 4. The maximum atomic E-state index is 14.8. The third-order valence-electron chi connectivity index (χ3n) is 6.21. The van der Waals surface area contributed by atoms with Gasteiger partial charge in [-0.05, 0) is 31.0 Å². The summed E-state index contributed by atoms with van der Waals surface area (Å²) in [5.74, 6) is -4.92. The summed E-state index contributed by atoms with van der Waals surface area (Å²) in [4.78, 5) is 51.6. The largest absolute Gasteiger partial charge is 0.463 e. The molecular weight excluding hydrogens is 562 g/mol. The van der Waals surface area contributed by atoms with Crippen LogP contribution < -0.4 is 16.3 Å². The molecule has 1 fully saturated rings. The molecule has 0 spiro atoms. The molecule has 1 aliphatic rings. The first-order valence-electron chi connectivity index (χ1n) is 13.4. The zero-order valence-corrected chi connectivity index (χ0v) is 23.0. The third-order valence-corrected chi connectivity index (χ3v) is 6.21. The lowest BCUT2D eigenvalue weighted by Gasteiger charge is -2.21. The number of nitrogens with one attached hydrogen (secondary N) is 2. The van der Waals surface area contributed by atoms with Gasteiger partial charge in [-0.1, -0.05) is 31.0 Å². The van der Waals surface area contributed by atoms with Crippen LogP contribution in [0.15, 0.2) is 47.4 Å². The number of hydrogen-bond donors (Lipinski definition) is 3. The Morgan fingerprint density at radius 1 is 1.02 bits per heavy atom. The van der Waals surface area contributed by atoms with Crippen molar-refractivity contribution in [2.24, 2.45) is 0 Å². The van der Waals surface area contributed by atoms with Gasteiger partial charge in [0, 0.05) is 31.8 Å². The van der Waals surface area contributed by atoms with E-state index in [-0.39, 0.29) is 31.4 Å². The summed E-state index contributed by atoms with van der Waals surface area (Å²) in [6, 6.07) is 10.2. The van der Waals surface area contributed by atoms with Crippen molar-refractivity contribution in [1.82, 2.24) is 9.55 Å². The van der Waals surface area contributed by atoms with Crippen molar-refractivity contribution in [3.63, 3.8) is 0 Å². The van der Waals surface area contributed by atoms with E-state index in [1.807, 2.05) is 18.2 Å². The number of aliphatic hydroxyl groups excluding tert-OH is 1. The molecule has 2 heterocycles. The number of carbonyl (C=O) groups is 3. The number of methoxy groups -OCH3 is 1. The van der Waals surface area contributed by atoms with Crippen LogP contribution in [0.25, 0.3) is 0 Å². The Bertz CT molecular complexity index is 1250. The molecule has 1 aliphatic heterocycles. The first kappa shape index (κ1) is 32.6. The summed E-state index contributed by atoms with van der Waals surface area (Å²) >= 11 is 0. The minimum atomic E-state index is -3.91. The number of para-hydroxylation sites is 1. The molecule has 3 atom stereocenters. The predicted molar refractivity (Wildman–Crippen MR) is 144 cm³/mol. The average molecular weight is 597 g/mol. The van der Waals surface area contributed by atoms with Crippen LogP contribution in [0.2, 0.25) is 0 Å². The van der Waals surface area contributed by atoms with E-state index in [0.717, 1.165) is 18.0 Å². The minimum absolute atomic E-state index is 0.0184. The highest BCUT2D eigenvalue weighted by atomic mass is 19.3. The Morgan fingerprint density at radius 2 is 1.74 bits per heavy atom. The Hall–Kier alpha value is -3.95. The lowest BCUT2D eigenvalue weighted by atomic mass is 10.1. The van der Waals surface area contributed by atoms with E-state index in [0.29, 0.717) is 36.7 Å². The number of aromatic nitrogens is 2. The van der Waals surface area contributed by atoms with Gasteiger partial charge in [-0.25, -0.2) is 9.59 Å². The molecule has 1 aromatic carbocycles. The van der Waals surface area contributed by atoms with Gasteiger partial charge in [-0.3, -0.25) is 19.5 Å². The molecule has 42 heavy (non-hydrogen) atoms. The summed E-state index contributed by atoms with van der Waals surface area (Å²) in [7, 11) is 1.41. The van der Waals surface area contributed by atoms with Crippen molar-refractivity contribution in [1.29, 1.82) is 0 Å². The van der Waals surface area contributed by atoms with Crippen molar-refractivity contribution in [3.8, 4) is 0 Å². The summed E-state index contributed by atoms with van der Waals surface area (Å²) in [5.41, 5.74) is -0.463. The number of esters is 1. The maximum Gasteiger partial charge on any atom is 0.412 e. The highest BCUT2D eigenvalue weighted by molar-refractivity contribution is 5.90. The lowest BCUT2D eigenvalue weighted by Crippen LogP contribution is -2.42. The molecule has 15 heteroatoms. The molecule has 2 amide bonds. The fraction of sp³-hybridized carbons (Fsp3) is 0.519. The van der Waals surface area contributed by atoms with Gasteiger partial charge in [0.15, 0.2) is 6.10 Å². The SMILES string of the molecule is COCCOC(=O)Nc1ccn([C@@H]2O[C@H](COC(=O)CCCCCCC(=O)Nc3ccccc3)[C@@H](O)C2(F)F)c(=O)n1. The summed E-state index contributed by atoms with van der Waals surface area (Å²) in [6.45, 7) is -0.561. The van der Waals surface area contributed by atoms with Crippen LogP contribution in [0, 0.1) is 0 Å². The molecule has 2 aromatic rings. The zero-order valence-electron chi connectivity index (χ0n) is 23.0. The molecule has 3 N–H and O–H groups in total. The van der Waals surface area contributed by atoms with E-state index >= 15 is 0 Å². The van der Waals surface area contributed by atoms with Crippen molar-refractivity contribution < 1.29 is 47.2 Å². The first-order chi connectivity index (χ1) is 20.1. The van der Waals surface area contributed by atoms with E-state index in [9.17, 15) is 33.1 Å². The number of rotatable bonds is 15. The predicted octanol–water partition coefficient (Wildman–Crippen LogP) is 2.85. The number of benzene rings is 1. The Morgan fingerprint density at radius 3 is 2.43 bits per heavy atom. The van der Waals surface area contributed by atoms with Crippen LogP contribution in [-0.2, 0) is 28.5 Å². The number of carbonyl (C=O) groups excluding carboxylic acids is 3. The number of anilines is 2. The summed E-state index contributed by atoms with van der Waals surface area (Å²) < 4.78 is 49.8. The molecule has 0 saturated carbocycles. The number of nitrogens with zero attached hydrogens (tertiary/aromatic N) is 2. The second-order valence-corrected chi connectivity index (χ2v) is 9.41. The van der Waals surface area contributed by atoms with E-state index in [2.05, 4.69) is 15.6 Å². The number of alkyl halides is 2. The van der Waals surface area contributed by atoms with Crippen LogP contribution in [0.3, 0.4) is 0 Å². The summed E-state index contributed by atoms with van der Waals surface area (Å²) in [6.07, 6.45) is -3.37. The monoisotopic (exact) mass is 596 g/mol. The van der Waals surface area contributed by atoms with Crippen molar-refractivity contribution in [2.75, 3.05) is 37.6 Å². The molecule has 230 valence electrons. The van der Waals surface area contributed by atoms with Crippen molar-refractivity contribution in [3.05, 3.63) is 53.1 Å². The molecule has 1 saturated heterocycles. The van der Waals surface area contributed by atoms with Crippen LogP contribution in [0.4, 0.5) is 25.1 Å². The fourth-order valence-corrected chi connectivity index (χ4v) is 4.03. The Balaban J connectivity index is 1.39. The number of unbranched alkanes of at least 4 members (excludes halogenated alkanes) is 3. The smallest absolute Gasteiger partial charge is 0.412 e. The Kier molecular flexibility index (Phi) is 12.3. The number of aliphatic hydroxyl groups is 1. The first-order valence-corrected chi connectivity index (χ1v) is 13.4. The topological polar surface area (TPSA) is 167 Å². The number of hydrogen-bond acceptors (Lipinski definition) is 10. The van der Waals surface area contributed by atoms with Gasteiger partial charge in [0.25, 0.3) is 0 Å². The molecule has 0 bridgehead atoms. The maximum absolute atomic E-state index is 14.8. The molecule has 0 radical (unpaired) electrons. The van der Waals surface area contributed by atoms with Crippen molar-refractivity contribution in [2.45, 2.75) is 62.9 Å². The quantitative estimate of drug-likeness (QED) is 0.205. The van der Waals surface area contributed by atoms with Gasteiger partial charge in [0.1, 0.15) is 25.1 Å². The van der Waals surface area contributed by atoms with Gasteiger partial charge < -0.3 is 29.4 Å². The lowest BCUT2D eigenvalue weighted by molar-refractivity contribution is -0.150. The highest BCUT2D eigenvalue weighted by Gasteiger charge is 2.60.